The highest BCUT2D eigenvalue weighted by Gasteiger charge is 1.92. The second kappa shape index (κ2) is 4.61. The van der Waals surface area contributed by atoms with Crippen LogP contribution in [0.4, 0.5) is 0 Å². The Kier molecular flexibility index (Phi) is 4.29. The Morgan fingerprint density at radius 2 is 2.38 bits per heavy atom. The Labute approximate surface area is 50.3 Å². The van der Waals surface area contributed by atoms with Gasteiger partial charge in [0.15, 0.2) is 17.2 Å². The van der Waals surface area contributed by atoms with Crippen molar-refractivity contribution >= 4 is 17.2 Å². The second-order valence-electron chi connectivity index (χ2n) is 1.10. The Morgan fingerprint density at radius 3 is 2.75 bits per heavy atom. The Balaban J connectivity index is 3.39. The van der Waals surface area contributed by atoms with Crippen LogP contribution in [0.25, 0.3) is 0 Å². The number of rotatable bonds is 3. The molecule has 5 heteroatoms. The van der Waals surface area contributed by atoms with Gasteiger partial charge in [0.1, 0.15) is 6.54 Å². The smallest absolute Gasteiger partial charge is 0.199 e. The van der Waals surface area contributed by atoms with Gasteiger partial charge in [-0.3, -0.25) is 4.79 Å². The van der Waals surface area contributed by atoms with Crippen LogP contribution in [0.15, 0.2) is 4.36 Å². The molecule has 0 amide bonds. The third kappa shape index (κ3) is 3.63. The molecule has 46 valence electrons. The van der Waals surface area contributed by atoms with E-state index in [-0.39, 0.29) is 30.3 Å². The predicted molar refractivity (Wildman–Crippen MR) is 29.5 cm³/mol. The number of Topliss-reactive ketones (excluding diaryl/α,β-unsaturated/α-hetero) is 1. The van der Waals surface area contributed by atoms with E-state index in [4.69, 9.17) is 5.73 Å². The van der Waals surface area contributed by atoms with Crippen molar-refractivity contribution in [1.82, 2.24) is 0 Å². The molecule has 2 N–H and O–H groups in total. The van der Waals surface area contributed by atoms with Gasteiger partial charge in [-0.05, 0) is 0 Å². The van der Waals surface area contributed by atoms with Crippen LogP contribution in [0.1, 0.15) is 0 Å². The highest BCUT2D eigenvalue weighted by molar-refractivity contribution is 7.54. The fraction of sp³-hybridized carbons (Fsp3) is 0.667. The molecule has 0 aliphatic rings. The molecular weight excluding hydrogens is 128 g/mol. The number of hydrogen-bond acceptors (Lipinski definition) is 4. The standard InChI is InChI=1S/C3H6N2O2S/c4-1-3(6)2-5-8-7/h1-2,4H2. The minimum Gasteiger partial charge on any atom is -0.324 e. The topological polar surface area (TPSA) is 72.5 Å². The van der Waals surface area contributed by atoms with E-state index in [1.54, 1.807) is 0 Å². The molecule has 4 nitrogen and oxygen atoms in total. The van der Waals surface area contributed by atoms with Gasteiger partial charge in [-0.25, -0.2) is 0 Å². The summed E-state index contributed by atoms with van der Waals surface area (Å²) >= 11 is 0.0439. The Morgan fingerprint density at radius 1 is 1.75 bits per heavy atom. The summed E-state index contributed by atoms with van der Waals surface area (Å²) in [7, 11) is 0. The molecule has 0 aliphatic heterocycles. The summed E-state index contributed by atoms with van der Waals surface area (Å²) in [5.74, 6) is -0.214. The fourth-order valence-electron chi connectivity index (χ4n) is 0.163. The van der Waals surface area contributed by atoms with Crippen LogP contribution < -0.4 is 5.73 Å². The van der Waals surface area contributed by atoms with Gasteiger partial charge in [0.05, 0.1) is 6.54 Å². The van der Waals surface area contributed by atoms with E-state index in [1.807, 2.05) is 0 Å². The number of hydrogen-bond donors (Lipinski definition) is 1. The first-order chi connectivity index (χ1) is 3.81. The first-order valence-corrected chi connectivity index (χ1v) is 2.68. The van der Waals surface area contributed by atoms with E-state index in [2.05, 4.69) is 4.36 Å². The molecule has 0 aromatic carbocycles. The summed E-state index contributed by atoms with van der Waals surface area (Å²) in [6, 6.07) is 0. The van der Waals surface area contributed by atoms with Crippen LogP contribution in [0.5, 0.6) is 0 Å². The number of nitrogens with two attached hydrogens (primary N) is 1. The van der Waals surface area contributed by atoms with Gasteiger partial charge >= 0.3 is 0 Å². The molecule has 0 rings (SSSR count). The van der Waals surface area contributed by atoms with E-state index in [9.17, 15) is 9.00 Å². The number of nitrogens with zero attached hydrogens (tertiary/aromatic N) is 1. The van der Waals surface area contributed by atoms with Crippen molar-refractivity contribution in [2.45, 2.75) is 0 Å². The van der Waals surface area contributed by atoms with Crippen LogP contribution in [-0.4, -0.2) is 23.1 Å². The van der Waals surface area contributed by atoms with E-state index in [0.29, 0.717) is 0 Å². The Hall–Kier alpha value is -0.550. The normalized spacial score (nSPS) is 8.12. The van der Waals surface area contributed by atoms with Gasteiger partial charge in [-0.2, -0.15) is 8.57 Å². The SMILES string of the molecule is NCC(=O)CN=S=O. The zero-order valence-electron chi connectivity index (χ0n) is 4.16. The summed E-state index contributed by atoms with van der Waals surface area (Å²) < 4.78 is 12.7. The van der Waals surface area contributed by atoms with Crippen LogP contribution >= 0.6 is 0 Å². The number of carbonyl (C=O) groups is 1. The number of carbonyl (C=O) groups excluding carboxylic acids is 1. The summed E-state index contributed by atoms with van der Waals surface area (Å²) in [6.07, 6.45) is 0. The maximum atomic E-state index is 10.2. The molecule has 0 heterocycles. The average Bonchev–Trinajstić information content (AvgIpc) is 1.83. The van der Waals surface area contributed by atoms with Gasteiger partial charge < -0.3 is 5.73 Å². The summed E-state index contributed by atoms with van der Waals surface area (Å²) in [4.78, 5) is 10.2. The van der Waals surface area contributed by atoms with Crippen molar-refractivity contribution < 1.29 is 9.00 Å². The largest absolute Gasteiger partial charge is 0.324 e. The van der Waals surface area contributed by atoms with Crippen molar-refractivity contribution in [3.63, 3.8) is 0 Å². The van der Waals surface area contributed by atoms with Gasteiger partial charge in [0, 0.05) is 0 Å². The van der Waals surface area contributed by atoms with Gasteiger partial charge in [0.25, 0.3) is 0 Å². The monoisotopic (exact) mass is 134 g/mol. The van der Waals surface area contributed by atoms with Gasteiger partial charge in [-0.15, -0.1) is 0 Å². The molecule has 0 radical (unpaired) electrons. The highest BCUT2D eigenvalue weighted by atomic mass is 32.1. The van der Waals surface area contributed by atoms with Crippen molar-refractivity contribution in [3.05, 3.63) is 0 Å². The van der Waals surface area contributed by atoms with Crippen molar-refractivity contribution in [2.24, 2.45) is 10.1 Å². The van der Waals surface area contributed by atoms with Crippen LogP contribution in [-0.2, 0) is 16.3 Å². The minimum atomic E-state index is -0.214. The quantitative estimate of drug-likeness (QED) is 0.533. The molecule has 0 bridgehead atoms. The molecule has 0 aromatic rings. The molecule has 0 saturated carbocycles. The average molecular weight is 134 g/mol. The minimum absolute atomic E-state index is 0.0376. The Bertz CT molecular complexity index is 129. The van der Waals surface area contributed by atoms with Crippen molar-refractivity contribution in [1.29, 1.82) is 0 Å². The first kappa shape index (κ1) is 7.45. The zero-order chi connectivity index (χ0) is 6.41. The highest BCUT2D eigenvalue weighted by Crippen LogP contribution is 1.67. The summed E-state index contributed by atoms with van der Waals surface area (Å²) in [5, 5.41) is 0. The lowest BCUT2D eigenvalue weighted by molar-refractivity contribution is -0.116. The van der Waals surface area contributed by atoms with E-state index < -0.39 is 0 Å². The molecule has 0 aromatic heterocycles. The lowest BCUT2D eigenvalue weighted by Crippen LogP contribution is -2.15. The number of ketones is 1. The summed E-state index contributed by atoms with van der Waals surface area (Å²) in [6.45, 7) is -0.102. The second-order valence-corrected chi connectivity index (χ2v) is 1.51. The fourth-order valence-corrected chi connectivity index (χ4v) is 0.360. The van der Waals surface area contributed by atoms with Crippen molar-refractivity contribution in [2.75, 3.05) is 13.1 Å². The van der Waals surface area contributed by atoms with Crippen LogP contribution in [0.3, 0.4) is 0 Å². The molecule has 0 spiro atoms. The maximum absolute atomic E-state index is 10.2. The third-order valence-corrected chi connectivity index (χ3v) is 0.756. The maximum Gasteiger partial charge on any atom is 0.199 e. The van der Waals surface area contributed by atoms with Crippen LogP contribution in [0, 0.1) is 0 Å². The summed E-state index contributed by atoms with van der Waals surface area (Å²) in [5.41, 5.74) is 4.89. The van der Waals surface area contributed by atoms with Crippen LogP contribution in [0.2, 0.25) is 0 Å². The predicted octanol–water partition coefficient (Wildman–Crippen LogP) is -1.09. The molecule has 0 atom stereocenters. The lowest BCUT2D eigenvalue weighted by atomic mass is 10.4. The molecular formula is C3H6N2O2S. The molecule has 0 unspecified atom stereocenters. The van der Waals surface area contributed by atoms with E-state index >= 15 is 0 Å². The zero-order valence-corrected chi connectivity index (χ0v) is 4.98. The van der Waals surface area contributed by atoms with Gasteiger partial charge in [0.2, 0.25) is 0 Å². The molecule has 0 aliphatic carbocycles. The third-order valence-electron chi connectivity index (χ3n) is 0.521. The first-order valence-electron chi connectivity index (χ1n) is 1.98. The lowest BCUT2D eigenvalue weighted by Gasteiger charge is -1.82. The van der Waals surface area contributed by atoms with Gasteiger partial charge in [-0.1, -0.05) is 0 Å². The van der Waals surface area contributed by atoms with E-state index in [0.717, 1.165) is 0 Å². The molecule has 0 fully saturated rings. The van der Waals surface area contributed by atoms with Crippen molar-refractivity contribution in [3.8, 4) is 0 Å². The van der Waals surface area contributed by atoms with E-state index in [1.165, 1.54) is 0 Å². The molecule has 0 saturated heterocycles. The molecule has 8 heavy (non-hydrogen) atoms.